The van der Waals surface area contributed by atoms with Crippen LogP contribution < -0.4 is 5.32 Å². The molecule has 17 heavy (non-hydrogen) atoms. The minimum atomic E-state index is -0.444. The van der Waals surface area contributed by atoms with E-state index < -0.39 is 6.10 Å². The van der Waals surface area contributed by atoms with Crippen LogP contribution in [0.5, 0.6) is 0 Å². The van der Waals surface area contributed by atoms with Gasteiger partial charge in [-0.2, -0.15) is 0 Å². The normalized spacial score (nSPS) is 25.5. The second-order valence-electron chi connectivity index (χ2n) is 4.93. The summed E-state index contributed by atoms with van der Waals surface area (Å²) in [5.74, 6) is 1.62. The summed E-state index contributed by atoms with van der Waals surface area (Å²) in [5.41, 5.74) is 0. The maximum Gasteiger partial charge on any atom is 0.129 e. The molecule has 4 heteroatoms. The van der Waals surface area contributed by atoms with Crippen LogP contribution in [0.15, 0.2) is 22.8 Å². The molecule has 1 atom stereocenters. The van der Waals surface area contributed by atoms with Crippen molar-refractivity contribution in [1.29, 1.82) is 0 Å². The highest BCUT2D eigenvalue weighted by Gasteiger charge is 2.24. The van der Waals surface area contributed by atoms with Crippen molar-refractivity contribution in [3.05, 3.63) is 24.2 Å². The molecule has 1 heterocycles. The molecule has 1 unspecified atom stereocenters. The third kappa shape index (κ3) is 4.15. The first kappa shape index (κ1) is 12.6. The van der Waals surface area contributed by atoms with Gasteiger partial charge in [0, 0.05) is 12.6 Å². The van der Waals surface area contributed by atoms with E-state index in [-0.39, 0.29) is 0 Å². The molecule has 0 aliphatic heterocycles. The zero-order chi connectivity index (χ0) is 12.1. The van der Waals surface area contributed by atoms with E-state index in [1.807, 2.05) is 12.1 Å². The van der Waals surface area contributed by atoms with Crippen molar-refractivity contribution >= 4 is 0 Å². The summed E-state index contributed by atoms with van der Waals surface area (Å²) in [6.45, 7) is 3.62. The fourth-order valence-electron chi connectivity index (χ4n) is 2.12. The molecule has 0 aromatic carbocycles. The Kier molecular flexibility index (Phi) is 4.59. The minimum absolute atomic E-state index is 0.343. The zero-order valence-corrected chi connectivity index (χ0v) is 10.3. The molecule has 2 N–H and O–H groups in total. The summed E-state index contributed by atoms with van der Waals surface area (Å²) in [6, 6.07) is 4.28. The fraction of sp³-hybridized carbons (Fsp3) is 0.692. The molecule has 0 saturated heterocycles. The van der Waals surface area contributed by atoms with Gasteiger partial charge in [-0.05, 0) is 30.9 Å². The van der Waals surface area contributed by atoms with Crippen molar-refractivity contribution in [2.75, 3.05) is 13.2 Å². The Balaban J connectivity index is 1.50. The smallest absolute Gasteiger partial charge is 0.129 e. The zero-order valence-electron chi connectivity index (χ0n) is 10.3. The van der Waals surface area contributed by atoms with Gasteiger partial charge in [0.15, 0.2) is 0 Å². The second kappa shape index (κ2) is 6.19. The summed E-state index contributed by atoms with van der Waals surface area (Å²) in [6.07, 6.45) is 3.62. The summed E-state index contributed by atoms with van der Waals surface area (Å²) in [7, 11) is 0. The van der Waals surface area contributed by atoms with Crippen LogP contribution >= 0.6 is 0 Å². The lowest BCUT2D eigenvalue weighted by Crippen LogP contribution is -2.44. The van der Waals surface area contributed by atoms with Crippen molar-refractivity contribution < 1.29 is 14.3 Å². The third-order valence-electron chi connectivity index (χ3n) is 3.15. The first-order valence-electron chi connectivity index (χ1n) is 6.25. The fourth-order valence-corrected chi connectivity index (χ4v) is 2.12. The number of aliphatic hydroxyl groups excluding tert-OH is 1. The number of furan rings is 1. The van der Waals surface area contributed by atoms with Crippen LogP contribution in [0.3, 0.4) is 0 Å². The van der Waals surface area contributed by atoms with Crippen LogP contribution in [0.2, 0.25) is 0 Å². The van der Waals surface area contributed by atoms with Crippen LogP contribution in [0.25, 0.3) is 0 Å². The molecule has 1 aromatic heterocycles. The van der Waals surface area contributed by atoms with Gasteiger partial charge in [0.25, 0.3) is 0 Å². The van der Waals surface area contributed by atoms with E-state index in [0.29, 0.717) is 25.8 Å². The summed E-state index contributed by atoms with van der Waals surface area (Å²) in [5, 5.41) is 13.0. The summed E-state index contributed by atoms with van der Waals surface area (Å²) >= 11 is 0. The molecule has 0 radical (unpaired) electrons. The highest BCUT2D eigenvalue weighted by molar-refractivity contribution is 4.96. The number of ether oxygens (including phenoxy) is 1. The molecule has 1 fully saturated rings. The second-order valence-corrected chi connectivity index (χ2v) is 4.93. The van der Waals surface area contributed by atoms with E-state index in [2.05, 4.69) is 12.2 Å². The van der Waals surface area contributed by atoms with Gasteiger partial charge in [0.2, 0.25) is 0 Å². The summed E-state index contributed by atoms with van der Waals surface area (Å²) < 4.78 is 10.5. The Hall–Kier alpha value is -0.840. The number of hydrogen-bond acceptors (Lipinski definition) is 4. The number of aliphatic hydroxyl groups is 1. The quantitative estimate of drug-likeness (QED) is 0.758. The summed E-state index contributed by atoms with van der Waals surface area (Å²) in [4.78, 5) is 0. The average molecular weight is 239 g/mol. The maximum atomic E-state index is 9.69. The Bertz CT molecular complexity index is 306. The van der Waals surface area contributed by atoms with Gasteiger partial charge < -0.3 is 19.6 Å². The Labute approximate surface area is 102 Å². The molecule has 0 spiro atoms. The first-order valence-corrected chi connectivity index (χ1v) is 6.25. The molecule has 0 amide bonds. The molecule has 1 aliphatic rings. The van der Waals surface area contributed by atoms with Crippen molar-refractivity contribution in [3.8, 4) is 0 Å². The highest BCUT2D eigenvalue weighted by Crippen LogP contribution is 2.25. The van der Waals surface area contributed by atoms with Crippen molar-refractivity contribution in [1.82, 2.24) is 5.32 Å². The molecule has 1 saturated carbocycles. The Morgan fingerprint density at radius 2 is 2.41 bits per heavy atom. The lowest BCUT2D eigenvalue weighted by molar-refractivity contribution is 0.0193. The van der Waals surface area contributed by atoms with Crippen LogP contribution in [-0.4, -0.2) is 30.4 Å². The topological polar surface area (TPSA) is 54.6 Å². The van der Waals surface area contributed by atoms with Gasteiger partial charge in [-0.15, -0.1) is 0 Å². The van der Waals surface area contributed by atoms with Crippen molar-refractivity contribution in [2.24, 2.45) is 5.92 Å². The molecule has 1 aliphatic carbocycles. The van der Waals surface area contributed by atoms with E-state index in [4.69, 9.17) is 9.15 Å². The molecular weight excluding hydrogens is 218 g/mol. The number of rotatable bonds is 7. The Morgan fingerprint density at radius 1 is 1.59 bits per heavy atom. The predicted octanol–water partition coefficient (Wildman–Crippen LogP) is 1.55. The van der Waals surface area contributed by atoms with E-state index in [0.717, 1.165) is 11.7 Å². The maximum absolute atomic E-state index is 9.69. The van der Waals surface area contributed by atoms with E-state index in [1.165, 1.54) is 12.8 Å². The standard InChI is InChI=1S/C13H21NO3/c1-10-5-11(6-10)14-7-12(15)8-16-9-13-3-2-4-17-13/h2-4,10-12,14-15H,5-9H2,1H3. The van der Waals surface area contributed by atoms with E-state index in [9.17, 15) is 5.11 Å². The predicted molar refractivity (Wildman–Crippen MR) is 64.6 cm³/mol. The van der Waals surface area contributed by atoms with E-state index >= 15 is 0 Å². The van der Waals surface area contributed by atoms with Gasteiger partial charge in [-0.25, -0.2) is 0 Å². The van der Waals surface area contributed by atoms with Gasteiger partial charge in [0.1, 0.15) is 12.4 Å². The number of hydrogen-bond donors (Lipinski definition) is 2. The van der Waals surface area contributed by atoms with Crippen LogP contribution in [0.1, 0.15) is 25.5 Å². The molecule has 1 aromatic rings. The van der Waals surface area contributed by atoms with Crippen LogP contribution in [0, 0.1) is 5.92 Å². The lowest BCUT2D eigenvalue weighted by Gasteiger charge is -2.34. The Morgan fingerprint density at radius 3 is 3.06 bits per heavy atom. The van der Waals surface area contributed by atoms with Crippen LogP contribution in [-0.2, 0) is 11.3 Å². The SMILES string of the molecule is CC1CC(NCC(O)COCc2ccco2)C1. The molecule has 4 nitrogen and oxygen atoms in total. The van der Waals surface area contributed by atoms with E-state index in [1.54, 1.807) is 6.26 Å². The van der Waals surface area contributed by atoms with Crippen molar-refractivity contribution in [2.45, 2.75) is 38.5 Å². The third-order valence-corrected chi connectivity index (χ3v) is 3.15. The molecule has 2 rings (SSSR count). The molecule has 96 valence electrons. The molecule has 0 bridgehead atoms. The van der Waals surface area contributed by atoms with Gasteiger partial charge in [-0.1, -0.05) is 6.92 Å². The van der Waals surface area contributed by atoms with Gasteiger partial charge >= 0.3 is 0 Å². The van der Waals surface area contributed by atoms with Gasteiger partial charge in [0.05, 0.1) is 19.0 Å². The van der Waals surface area contributed by atoms with Gasteiger partial charge in [-0.3, -0.25) is 0 Å². The lowest BCUT2D eigenvalue weighted by atomic mass is 9.82. The monoisotopic (exact) mass is 239 g/mol. The van der Waals surface area contributed by atoms with Crippen LogP contribution in [0.4, 0.5) is 0 Å². The number of nitrogens with one attached hydrogen (secondary N) is 1. The first-order chi connectivity index (χ1) is 8.24. The van der Waals surface area contributed by atoms with Crippen molar-refractivity contribution in [3.63, 3.8) is 0 Å². The largest absolute Gasteiger partial charge is 0.467 e. The molecular formula is C13H21NO3. The minimum Gasteiger partial charge on any atom is -0.467 e. The average Bonchev–Trinajstić information content (AvgIpc) is 2.76. The highest BCUT2D eigenvalue weighted by atomic mass is 16.5.